The van der Waals surface area contributed by atoms with Crippen molar-refractivity contribution in [3.05, 3.63) is 71.3 Å². The first-order valence-corrected chi connectivity index (χ1v) is 12.1. The van der Waals surface area contributed by atoms with E-state index in [0.29, 0.717) is 42.3 Å². The van der Waals surface area contributed by atoms with Crippen molar-refractivity contribution in [2.24, 2.45) is 0 Å². The van der Waals surface area contributed by atoms with E-state index >= 15 is 0 Å². The van der Waals surface area contributed by atoms with E-state index < -0.39 is 11.5 Å². The molecule has 0 radical (unpaired) electrons. The van der Waals surface area contributed by atoms with Gasteiger partial charge in [0.25, 0.3) is 5.91 Å². The smallest absolute Gasteiger partial charge is 0.255 e. The molecule has 2 aromatic heterocycles. The molecule has 0 saturated carbocycles. The average molecular weight is 484 g/mol. The summed E-state index contributed by atoms with van der Waals surface area (Å²) in [5.41, 5.74) is 5.41. The second-order valence-electron chi connectivity index (χ2n) is 9.95. The van der Waals surface area contributed by atoms with Crippen molar-refractivity contribution in [3.63, 3.8) is 0 Å². The van der Waals surface area contributed by atoms with E-state index in [-0.39, 0.29) is 11.9 Å². The first kappa shape index (κ1) is 23.9. The third-order valence-electron chi connectivity index (χ3n) is 6.99. The van der Waals surface area contributed by atoms with Crippen LogP contribution in [0.5, 0.6) is 0 Å². The van der Waals surface area contributed by atoms with E-state index in [2.05, 4.69) is 32.3 Å². The Morgan fingerprint density at radius 2 is 2.08 bits per heavy atom. The Balaban J connectivity index is 1.44. The van der Waals surface area contributed by atoms with E-state index in [0.717, 1.165) is 28.9 Å². The van der Waals surface area contributed by atoms with E-state index in [4.69, 9.17) is 4.74 Å². The number of hydrogen-bond donors (Lipinski definition) is 2. The number of carbonyl (C=O) groups is 1. The largest absolute Gasteiger partial charge is 0.387 e. The Morgan fingerprint density at radius 1 is 1.25 bits per heavy atom. The predicted octanol–water partition coefficient (Wildman–Crippen LogP) is 4.15. The number of carbonyl (C=O) groups excluding carboxylic acids is 1. The molecule has 0 unspecified atom stereocenters. The van der Waals surface area contributed by atoms with Crippen molar-refractivity contribution in [3.8, 4) is 17.2 Å². The Kier molecular flexibility index (Phi) is 6.20. The van der Waals surface area contributed by atoms with Crippen molar-refractivity contribution in [2.75, 3.05) is 30.0 Å². The SMILES string of the molecule is Cc1ccc(NC(=O)c2ccnc(C(C)(C)C#N)c2)cc1-c1cnc2c(c1)N1CCOC[C@@H]1C[C@@H]2O. The summed E-state index contributed by atoms with van der Waals surface area (Å²) in [6.07, 6.45) is 3.34. The monoisotopic (exact) mass is 483 g/mol. The summed E-state index contributed by atoms with van der Waals surface area (Å²) in [4.78, 5) is 24.2. The van der Waals surface area contributed by atoms with E-state index in [1.165, 1.54) is 0 Å². The third kappa shape index (κ3) is 4.43. The zero-order chi connectivity index (χ0) is 25.4. The number of morpholine rings is 1. The number of pyridine rings is 2. The molecule has 8 nitrogen and oxygen atoms in total. The number of rotatable bonds is 4. The number of ether oxygens (including phenoxy) is 1. The Hall–Kier alpha value is -3.80. The molecule has 1 aromatic carbocycles. The molecule has 2 N–H and O–H groups in total. The van der Waals surface area contributed by atoms with Gasteiger partial charge in [-0.3, -0.25) is 14.8 Å². The number of aliphatic hydroxyl groups excluding tert-OH is 1. The molecule has 5 rings (SSSR count). The van der Waals surface area contributed by atoms with Crippen molar-refractivity contribution < 1.29 is 14.6 Å². The van der Waals surface area contributed by atoms with Crippen LogP contribution in [0.25, 0.3) is 11.1 Å². The summed E-state index contributed by atoms with van der Waals surface area (Å²) >= 11 is 0. The van der Waals surface area contributed by atoms with E-state index in [9.17, 15) is 15.2 Å². The molecule has 8 heteroatoms. The van der Waals surface area contributed by atoms with Gasteiger partial charge in [-0.1, -0.05) is 6.07 Å². The van der Waals surface area contributed by atoms with Gasteiger partial charge in [0.15, 0.2) is 0 Å². The second kappa shape index (κ2) is 9.34. The fourth-order valence-corrected chi connectivity index (χ4v) is 4.82. The molecule has 1 amide bonds. The van der Waals surface area contributed by atoms with Crippen LogP contribution in [0.2, 0.25) is 0 Å². The molecule has 2 atom stereocenters. The molecule has 1 saturated heterocycles. The highest BCUT2D eigenvalue weighted by atomic mass is 16.5. The molecule has 1 fully saturated rings. The highest BCUT2D eigenvalue weighted by Gasteiger charge is 2.35. The van der Waals surface area contributed by atoms with Crippen LogP contribution in [-0.4, -0.2) is 46.8 Å². The molecule has 2 aliphatic rings. The summed E-state index contributed by atoms with van der Waals surface area (Å²) in [5.74, 6) is -0.273. The number of nitrogens with one attached hydrogen (secondary N) is 1. The Bertz CT molecular complexity index is 1360. The van der Waals surface area contributed by atoms with Crippen LogP contribution in [0.15, 0.2) is 48.8 Å². The van der Waals surface area contributed by atoms with Gasteiger partial charge >= 0.3 is 0 Å². The van der Waals surface area contributed by atoms with Crippen LogP contribution >= 0.6 is 0 Å². The van der Waals surface area contributed by atoms with Crippen LogP contribution in [0.4, 0.5) is 11.4 Å². The summed E-state index contributed by atoms with van der Waals surface area (Å²) < 4.78 is 5.62. The van der Waals surface area contributed by atoms with Crippen molar-refractivity contribution in [1.82, 2.24) is 9.97 Å². The van der Waals surface area contributed by atoms with Crippen molar-refractivity contribution >= 4 is 17.3 Å². The van der Waals surface area contributed by atoms with Gasteiger partial charge in [-0.2, -0.15) is 5.26 Å². The molecule has 4 heterocycles. The third-order valence-corrected chi connectivity index (χ3v) is 6.99. The summed E-state index contributed by atoms with van der Waals surface area (Å²) in [5, 5.41) is 23.0. The van der Waals surface area contributed by atoms with Crippen LogP contribution in [-0.2, 0) is 10.2 Å². The molecule has 3 aromatic rings. The molecule has 0 bridgehead atoms. The lowest BCUT2D eigenvalue weighted by Crippen LogP contribution is -2.49. The van der Waals surface area contributed by atoms with Crippen LogP contribution < -0.4 is 10.2 Å². The van der Waals surface area contributed by atoms with Crippen LogP contribution in [0, 0.1) is 18.3 Å². The normalized spacial score (nSPS) is 19.1. The fourth-order valence-electron chi connectivity index (χ4n) is 4.82. The van der Waals surface area contributed by atoms with Gasteiger partial charge in [0.1, 0.15) is 6.10 Å². The summed E-state index contributed by atoms with van der Waals surface area (Å²) in [6, 6.07) is 13.5. The average Bonchev–Trinajstić information content (AvgIpc) is 2.89. The summed E-state index contributed by atoms with van der Waals surface area (Å²) in [7, 11) is 0. The zero-order valence-electron chi connectivity index (χ0n) is 20.7. The van der Waals surface area contributed by atoms with Crippen molar-refractivity contribution in [1.29, 1.82) is 5.26 Å². The summed E-state index contributed by atoms with van der Waals surface area (Å²) in [6.45, 7) is 7.58. The van der Waals surface area contributed by atoms with Gasteiger partial charge in [-0.05, 0) is 62.2 Å². The minimum Gasteiger partial charge on any atom is -0.387 e. The van der Waals surface area contributed by atoms with Crippen molar-refractivity contribution in [2.45, 2.75) is 44.8 Å². The molecular weight excluding hydrogens is 454 g/mol. The van der Waals surface area contributed by atoms with Gasteiger partial charge in [0.05, 0.1) is 47.8 Å². The number of amides is 1. The standard InChI is InChI=1S/C28H29N5O3/c1-17-4-5-20(32-27(35)18-6-7-30-25(11-18)28(2,3)16-29)12-22(17)19-10-23-26(31-14-19)24(34)13-21-15-36-9-8-33(21)23/h4-7,10-12,14,21,24,34H,8-9,13,15H2,1-3H3,(H,32,35)/t21-,24-/m0/s1. The van der Waals surface area contributed by atoms with Gasteiger partial charge in [0, 0.05) is 42.2 Å². The maximum absolute atomic E-state index is 13.0. The molecule has 0 aliphatic carbocycles. The minimum atomic E-state index is -0.792. The van der Waals surface area contributed by atoms with E-state index in [1.54, 1.807) is 38.4 Å². The number of anilines is 2. The molecular formula is C28H29N5O3. The van der Waals surface area contributed by atoms with Gasteiger partial charge < -0.3 is 20.1 Å². The number of aryl methyl sites for hydroxylation is 1. The number of benzene rings is 1. The lowest BCUT2D eigenvalue weighted by Gasteiger charge is -2.43. The lowest BCUT2D eigenvalue weighted by molar-refractivity contribution is 0.0597. The minimum absolute atomic E-state index is 0.140. The number of nitriles is 1. The highest BCUT2D eigenvalue weighted by molar-refractivity contribution is 6.04. The quantitative estimate of drug-likeness (QED) is 0.573. The van der Waals surface area contributed by atoms with Gasteiger partial charge in [-0.25, -0.2) is 0 Å². The Labute approximate surface area is 210 Å². The van der Waals surface area contributed by atoms with Gasteiger partial charge in [-0.15, -0.1) is 0 Å². The number of fused-ring (bicyclic) bond motifs is 3. The van der Waals surface area contributed by atoms with E-state index in [1.807, 2.05) is 25.1 Å². The first-order chi connectivity index (χ1) is 17.3. The second-order valence-corrected chi connectivity index (χ2v) is 9.95. The molecule has 184 valence electrons. The maximum Gasteiger partial charge on any atom is 0.255 e. The molecule has 0 spiro atoms. The first-order valence-electron chi connectivity index (χ1n) is 12.1. The highest BCUT2D eigenvalue weighted by Crippen LogP contribution is 2.39. The number of hydrogen-bond acceptors (Lipinski definition) is 7. The maximum atomic E-state index is 13.0. The van der Waals surface area contributed by atoms with Crippen LogP contribution in [0.1, 0.15) is 53.7 Å². The number of nitrogens with zero attached hydrogens (tertiary/aromatic N) is 4. The fraction of sp³-hybridized carbons (Fsp3) is 0.357. The zero-order valence-corrected chi connectivity index (χ0v) is 20.7. The topological polar surface area (TPSA) is 111 Å². The molecule has 2 aliphatic heterocycles. The van der Waals surface area contributed by atoms with Gasteiger partial charge in [0.2, 0.25) is 0 Å². The number of aromatic nitrogens is 2. The molecule has 36 heavy (non-hydrogen) atoms. The predicted molar refractivity (Wildman–Crippen MR) is 137 cm³/mol. The lowest BCUT2D eigenvalue weighted by atomic mass is 9.90. The number of aliphatic hydroxyl groups is 1. The Morgan fingerprint density at radius 3 is 2.89 bits per heavy atom. The van der Waals surface area contributed by atoms with Crippen LogP contribution in [0.3, 0.4) is 0 Å².